The molecule has 2 amide bonds. The number of hydrogen-bond donors (Lipinski definition) is 3. The van der Waals surface area contributed by atoms with Crippen molar-refractivity contribution in [2.24, 2.45) is 5.73 Å². The van der Waals surface area contributed by atoms with Gasteiger partial charge in [0, 0.05) is 6.07 Å². The summed E-state index contributed by atoms with van der Waals surface area (Å²) in [6, 6.07) is 2.83. The Labute approximate surface area is 78.3 Å². The number of aromatic hydroxyl groups is 1. The average molecular weight is 197 g/mol. The second kappa shape index (κ2) is 3.60. The normalized spacial score (nSPS) is 9.43. The van der Waals surface area contributed by atoms with E-state index >= 15 is 0 Å². The molecule has 0 aliphatic carbocycles. The summed E-state index contributed by atoms with van der Waals surface area (Å²) in [7, 11) is 0. The van der Waals surface area contributed by atoms with Crippen LogP contribution in [0.4, 0.5) is 16.2 Å². The van der Waals surface area contributed by atoms with Gasteiger partial charge < -0.3 is 16.2 Å². The second-order valence-corrected chi connectivity index (χ2v) is 2.42. The van der Waals surface area contributed by atoms with Crippen molar-refractivity contribution in [1.82, 2.24) is 0 Å². The number of phenolic OH excluding ortho intramolecular Hbond substituents is 1. The smallest absolute Gasteiger partial charge is 0.316 e. The number of primary amides is 1. The number of hydrogen-bond acceptors (Lipinski definition) is 4. The number of phenols is 1. The first-order chi connectivity index (χ1) is 6.52. The van der Waals surface area contributed by atoms with Crippen molar-refractivity contribution in [2.45, 2.75) is 0 Å². The van der Waals surface area contributed by atoms with Crippen molar-refractivity contribution in [3.05, 3.63) is 28.3 Å². The Hall–Kier alpha value is -2.31. The molecule has 0 saturated heterocycles. The van der Waals surface area contributed by atoms with Crippen LogP contribution in [0.1, 0.15) is 0 Å². The zero-order valence-corrected chi connectivity index (χ0v) is 6.93. The Morgan fingerprint density at radius 1 is 1.57 bits per heavy atom. The number of urea groups is 1. The molecular weight excluding hydrogens is 190 g/mol. The number of para-hydroxylation sites is 1. The van der Waals surface area contributed by atoms with E-state index in [0.717, 1.165) is 6.07 Å². The zero-order chi connectivity index (χ0) is 10.7. The van der Waals surface area contributed by atoms with Crippen molar-refractivity contribution < 1.29 is 14.8 Å². The van der Waals surface area contributed by atoms with Crippen molar-refractivity contribution in [3.63, 3.8) is 0 Å². The van der Waals surface area contributed by atoms with Crippen LogP contribution in [0.2, 0.25) is 0 Å². The number of nitro benzene ring substituents is 1. The Morgan fingerprint density at radius 3 is 2.71 bits per heavy atom. The Bertz CT molecular complexity index is 391. The van der Waals surface area contributed by atoms with Crippen LogP contribution in [-0.4, -0.2) is 16.1 Å². The van der Waals surface area contributed by atoms with Crippen LogP contribution in [0.15, 0.2) is 18.2 Å². The maximum atomic E-state index is 10.4. The Balaban J connectivity index is 3.13. The molecule has 1 aromatic carbocycles. The molecule has 0 aliphatic heterocycles. The van der Waals surface area contributed by atoms with Crippen molar-refractivity contribution in [2.75, 3.05) is 5.32 Å². The molecule has 0 saturated carbocycles. The van der Waals surface area contributed by atoms with E-state index in [4.69, 9.17) is 5.73 Å². The predicted octanol–water partition coefficient (Wildman–Crippen LogP) is 0.791. The summed E-state index contributed by atoms with van der Waals surface area (Å²) < 4.78 is 0. The maximum absolute atomic E-state index is 10.4. The Morgan fingerprint density at radius 2 is 2.21 bits per heavy atom. The number of nitrogens with two attached hydrogens (primary N) is 1. The molecule has 14 heavy (non-hydrogen) atoms. The van der Waals surface area contributed by atoms with Gasteiger partial charge in [-0.3, -0.25) is 10.1 Å². The quantitative estimate of drug-likeness (QED) is 0.369. The minimum absolute atomic E-state index is 0.0910. The molecule has 0 aromatic heterocycles. The summed E-state index contributed by atoms with van der Waals surface area (Å²) in [5, 5.41) is 21.7. The second-order valence-electron chi connectivity index (χ2n) is 2.42. The molecule has 0 heterocycles. The zero-order valence-electron chi connectivity index (χ0n) is 6.93. The van der Waals surface area contributed by atoms with Gasteiger partial charge in [0.1, 0.15) is 0 Å². The highest BCUT2D eigenvalue weighted by Crippen LogP contribution is 2.32. The molecule has 0 atom stereocenters. The number of amides is 2. The number of benzene rings is 1. The summed E-state index contributed by atoms with van der Waals surface area (Å²) in [6.07, 6.45) is 0. The van der Waals surface area contributed by atoms with Crippen LogP contribution in [0.25, 0.3) is 0 Å². The summed E-state index contributed by atoms with van der Waals surface area (Å²) >= 11 is 0. The molecule has 0 bridgehead atoms. The largest absolute Gasteiger partial charge is 0.501 e. The van der Waals surface area contributed by atoms with Crippen LogP contribution >= 0.6 is 0 Å². The number of carbonyl (C=O) groups excluding carboxylic acids is 1. The number of anilines is 1. The number of carbonyl (C=O) groups is 1. The highest BCUT2D eigenvalue weighted by Gasteiger charge is 2.16. The molecule has 0 radical (unpaired) electrons. The van der Waals surface area contributed by atoms with Gasteiger partial charge in [0.05, 0.1) is 10.6 Å². The fraction of sp³-hybridized carbons (Fsp3) is 0. The van der Waals surface area contributed by atoms with Crippen molar-refractivity contribution >= 4 is 17.4 Å². The van der Waals surface area contributed by atoms with Crippen molar-refractivity contribution in [1.29, 1.82) is 0 Å². The van der Waals surface area contributed by atoms with Gasteiger partial charge in [-0.05, 0) is 6.07 Å². The minimum atomic E-state index is -0.902. The monoisotopic (exact) mass is 197 g/mol. The average Bonchev–Trinajstić information content (AvgIpc) is 2.07. The van der Waals surface area contributed by atoms with Gasteiger partial charge in [0.25, 0.3) is 0 Å². The van der Waals surface area contributed by atoms with Gasteiger partial charge in [0.15, 0.2) is 0 Å². The fourth-order valence-electron chi connectivity index (χ4n) is 0.912. The molecule has 0 spiro atoms. The summed E-state index contributed by atoms with van der Waals surface area (Å²) in [6.45, 7) is 0. The molecule has 4 N–H and O–H groups in total. The van der Waals surface area contributed by atoms with Gasteiger partial charge in [-0.2, -0.15) is 0 Å². The van der Waals surface area contributed by atoms with Crippen LogP contribution in [0.3, 0.4) is 0 Å². The van der Waals surface area contributed by atoms with E-state index in [2.05, 4.69) is 5.32 Å². The lowest BCUT2D eigenvalue weighted by molar-refractivity contribution is -0.385. The van der Waals surface area contributed by atoms with E-state index in [0.29, 0.717) is 0 Å². The van der Waals surface area contributed by atoms with Gasteiger partial charge in [-0.1, -0.05) is 6.07 Å². The number of nitrogens with zero attached hydrogens (tertiary/aromatic N) is 1. The molecule has 0 aliphatic rings. The molecule has 1 rings (SSSR count). The van der Waals surface area contributed by atoms with E-state index in [-0.39, 0.29) is 5.69 Å². The molecular formula is C7H7N3O4. The number of rotatable bonds is 2. The lowest BCUT2D eigenvalue weighted by Gasteiger charge is -2.03. The fourth-order valence-corrected chi connectivity index (χ4v) is 0.912. The molecule has 1 aromatic rings. The molecule has 7 heteroatoms. The number of nitrogens with one attached hydrogen (secondary N) is 1. The van der Waals surface area contributed by atoms with Crippen LogP contribution in [-0.2, 0) is 0 Å². The van der Waals surface area contributed by atoms with Gasteiger partial charge in [0.2, 0.25) is 5.75 Å². The summed E-state index contributed by atoms with van der Waals surface area (Å²) in [5.74, 6) is -0.615. The van der Waals surface area contributed by atoms with Gasteiger partial charge in [-0.15, -0.1) is 0 Å². The minimum Gasteiger partial charge on any atom is -0.501 e. The first kappa shape index (κ1) is 9.78. The van der Waals surface area contributed by atoms with Gasteiger partial charge in [-0.25, -0.2) is 4.79 Å². The first-order valence-corrected chi connectivity index (χ1v) is 3.55. The molecule has 0 unspecified atom stereocenters. The number of nitro groups is 1. The van der Waals surface area contributed by atoms with Crippen molar-refractivity contribution in [3.8, 4) is 5.75 Å². The van der Waals surface area contributed by atoms with Crippen LogP contribution in [0.5, 0.6) is 5.75 Å². The van der Waals surface area contributed by atoms with E-state index in [1.165, 1.54) is 12.1 Å². The van der Waals surface area contributed by atoms with Gasteiger partial charge >= 0.3 is 11.7 Å². The third-order valence-corrected chi connectivity index (χ3v) is 1.47. The lowest BCUT2D eigenvalue weighted by Crippen LogP contribution is -2.19. The SMILES string of the molecule is NC(=O)Nc1cccc([N+](=O)[O-])c1O. The maximum Gasteiger partial charge on any atom is 0.316 e. The summed E-state index contributed by atoms with van der Waals surface area (Å²) in [4.78, 5) is 20.0. The van der Waals surface area contributed by atoms with E-state index < -0.39 is 22.4 Å². The third kappa shape index (κ3) is 1.89. The standard InChI is InChI=1S/C7H7N3O4/c8-7(12)9-4-2-1-3-5(6(4)11)10(13)14/h1-3,11H,(H3,8,9,12). The van der Waals surface area contributed by atoms with E-state index in [9.17, 15) is 20.0 Å². The topological polar surface area (TPSA) is 118 Å². The Kier molecular flexibility index (Phi) is 2.52. The highest BCUT2D eigenvalue weighted by molar-refractivity contribution is 5.90. The lowest BCUT2D eigenvalue weighted by atomic mass is 10.2. The summed E-state index contributed by atoms with van der Waals surface area (Å²) in [5.41, 5.74) is 4.21. The molecule has 0 fully saturated rings. The van der Waals surface area contributed by atoms with Crippen LogP contribution < -0.4 is 11.1 Å². The predicted molar refractivity (Wildman–Crippen MR) is 48.0 cm³/mol. The van der Waals surface area contributed by atoms with Crippen LogP contribution in [0, 0.1) is 10.1 Å². The first-order valence-electron chi connectivity index (χ1n) is 3.55. The van der Waals surface area contributed by atoms with E-state index in [1.54, 1.807) is 0 Å². The molecule has 74 valence electrons. The molecule has 7 nitrogen and oxygen atoms in total. The van der Waals surface area contributed by atoms with E-state index in [1.807, 2.05) is 0 Å². The third-order valence-electron chi connectivity index (χ3n) is 1.47. The highest BCUT2D eigenvalue weighted by atomic mass is 16.6.